The molecule has 0 bridgehead atoms. The Morgan fingerprint density at radius 2 is 1.80 bits per heavy atom. The third-order valence-corrected chi connectivity index (χ3v) is 2.34. The minimum absolute atomic E-state index is 0.139. The van der Waals surface area contributed by atoms with E-state index in [0.717, 1.165) is 5.56 Å². The van der Waals surface area contributed by atoms with E-state index >= 15 is 0 Å². The number of carboxylic acids is 1. The zero-order valence-electron chi connectivity index (χ0n) is 12.0. The molecule has 0 aliphatic carbocycles. The molecule has 1 N–H and O–H groups in total. The van der Waals surface area contributed by atoms with Crippen LogP contribution in [0.25, 0.3) is 0 Å². The average Bonchev–Trinajstić information content (AvgIpc) is 2.33. The largest absolute Gasteiger partial charge is 0.479 e. The maximum absolute atomic E-state index is 11.6. The first kappa shape index (κ1) is 16.2. The van der Waals surface area contributed by atoms with Crippen molar-refractivity contribution in [3.8, 4) is 0 Å². The van der Waals surface area contributed by atoms with Crippen molar-refractivity contribution < 1.29 is 24.2 Å². The minimum Gasteiger partial charge on any atom is -0.479 e. The van der Waals surface area contributed by atoms with Crippen LogP contribution in [0.15, 0.2) is 30.3 Å². The van der Waals surface area contributed by atoms with E-state index in [2.05, 4.69) is 0 Å². The summed E-state index contributed by atoms with van der Waals surface area (Å²) in [6.07, 6.45) is -1.51. The van der Waals surface area contributed by atoms with E-state index in [1.807, 2.05) is 30.3 Å². The van der Waals surface area contributed by atoms with Crippen LogP contribution in [0, 0.1) is 0 Å². The number of carbonyl (C=O) groups excluding carboxylic acids is 1. The summed E-state index contributed by atoms with van der Waals surface area (Å²) in [5.41, 5.74) is 0.211. The smallest absolute Gasteiger partial charge is 0.333 e. The van der Waals surface area contributed by atoms with Gasteiger partial charge < -0.3 is 14.6 Å². The normalized spacial score (nSPS) is 12.8. The van der Waals surface area contributed by atoms with Gasteiger partial charge in [0.05, 0.1) is 13.0 Å². The second kappa shape index (κ2) is 7.05. The zero-order valence-corrected chi connectivity index (χ0v) is 12.0. The van der Waals surface area contributed by atoms with Gasteiger partial charge in [-0.25, -0.2) is 4.79 Å². The van der Waals surface area contributed by atoms with Crippen LogP contribution >= 0.6 is 0 Å². The van der Waals surface area contributed by atoms with Gasteiger partial charge >= 0.3 is 11.9 Å². The molecule has 5 heteroatoms. The third-order valence-electron chi connectivity index (χ3n) is 2.34. The van der Waals surface area contributed by atoms with Crippen molar-refractivity contribution in [2.45, 2.75) is 45.5 Å². The molecule has 0 spiro atoms. The van der Waals surface area contributed by atoms with Gasteiger partial charge in [-0.1, -0.05) is 30.3 Å². The summed E-state index contributed by atoms with van der Waals surface area (Å²) in [6, 6.07) is 9.18. The molecule has 0 amide bonds. The predicted octanol–water partition coefficient (Wildman–Crippen LogP) is 2.39. The van der Waals surface area contributed by atoms with E-state index in [1.165, 1.54) is 0 Å². The first-order valence-corrected chi connectivity index (χ1v) is 6.38. The van der Waals surface area contributed by atoms with Crippen molar-refractivity contribution >= 4 is 11.9 Å². The fourth-order valence-corrected chi connectivity index (χ4v) is 1.52. The van der Waals surface area contributed by atoms with Gasteiger partial charge in [-0.15, -0.1) is 0 Å². The Morgan fingerprint density at radius 3 is 2.30 bits per heavy atom. The van der Waals surface area contributed by atoms with E-state index in [0.29, 0.717) is 0 Å². The first-order chi connectivity index (χ1) is 9.28. The second-order valence-electron chi connectivity index (χ2n) is 5.41. The Labute approximate surface area is 118 Å². The van der Waals surface area contributed by atoms with Crippen LogP contribution in [0.4, 0.5) is 0 Å². The Balaban J connectivity index is 2.53. The molecular formula is C15H20O5. The van der Waals surface area contributed by atoms with Crippen LogP contribution in [0.1, 0.15) is 32.8 Å². The molecule has 0 fully saturated rings. The predicted molar refractivity (Wildman–Crippen MR) is 73.1 cm³/mol. The number of ether oxygens (including phenoxy) is 2. The van der Waals surface area contributed by atoms with Crippen LogP contribution in [0.3, 0.4) is 0 Å². The SMILES string of the molecule is CC(C)(C)OC(=O)C[C@H](OCc1ccccc1)C(=O)O. The monoisotopic (exact) mass is 280 g/mol. The summed E-state index contributed by atoms with van der Waals surface area (Å²) < 4.78 is 10.4. The topological polar surface area (TPSA) is 72.8 Å². The number of hydrogen-bond donors (Lipinski definition) is 1. The Morgan fingerprint density at radius 1 is 1.20 bits per heavy atom. The summed E-state index contributed by atoms with van der Waals surface area (Å²) in [7, 11) is 0. The number of carbonyl (C=O) groups is 2. The van der Waals surface area contributed by atoms with Crippen LogP contribution in [-0.2, 0) is 25.7 Å². The lowest BCUT2D eigenvalue weighted by Gasteiger charge is -2.21. The van der Waals surface area contributed by atoms with Crippen molar-refractivity contribution in [2.75, 3.05) is 0 Å². The number of benzene rings is 1. The molecule has 0 radical (unpaired) electrons. The molecule has 1 aromatic carbocycles. The molecule has 0 heterocycles. The van der Waals surface area contributed by atoms with Crippen LogP contribution in [0.2, 0.25) is 0 Å². The summed E-state index contributed by atoms with van der Waals surface area (Å²) >= 11 is 0. The van der Waals surface area contributed by atoms with E-state index in [1.54, 1.807) is 20.8 Å². The molecule has 110 valence electrons. The molecule has 0 aliphatic heterocycles. The lowest BCUT2D eigenvalue weighted by Crippen LogP contribution is -2.31. The quantitative estimate of drug-likeness (QED) is 0.810. The summed E-state index contributed by atoms with van der Waals surface area (Å²) in [5.74, 6) is -1.76. The van der Waals surface area contributed by atoms with E-state index < -0.39 is 23.6 Å². The third kappa shape index (κ3) is 6.33. The number of carboxylic acid groups (broad SMARTS) is 1. The molecule has 1 aromatic rings. The Kier molecular flexibility index (Phi) is 5.70. The van der Waals surface area contributed by atoms with Gasteiger partial charge in [0, 0.05) is 0 Å². The van der Waals surface area contributed by atoms with E-state index in [9.17, 15) is 9.59 Å². The fraction of sp³-hybridized carbons (Fsp3) is 0.467. The first-order valence-electron chi connectivity index (χ1n) is 6.38. The summed E-state index contributed by atoms with van der Waals surface area (Å²) in [6.45, 7) is 5.32. The van der Waals surface area contributed by atoms with Gasteiger partial charge in [0.1, 0.15) is 5.60 Å². The van der Waals surface area contributed by atoms with Gasteiger partial charge in [-0.2, -0.15) is 0 Å². The van der Waals surface area contributed by atoms with Crippen molar-refractivity contribution in [2.24, 2.45) is 0 Å². The highest BCUT2D eigenvalue weighted by Crippen LogP contribution is 2.12. The molecule has 1 rings (SSSR count). The van der Waals surface area contributed by atoms with Gasteiger partial charge in [0.2, 0.25) is 0 Å². The average molecular weight is 280 g/mol. The van der Waals surface area contributed by atoms with Crippen molar-refractivity contribution in [1.82, 2.24) is 0 Å². The Hall–Kier alpha value is -1.88. The molecule has 0 saturated carbocycles. The maximum Gasteiger partial charge on any atom is 0.333 e. The van der Waals surface area contributed by atoms with Crippen molar-refractivity contribution in [1.29, 1.82) is 0 Å². The van der Waals surface area contributed by atoms with Gasteiger partial charge in [0.15, 0.2) is 6.10 Å². The molecule has 5 nitrogen and oxygen atoms in total. The standard InChI is InChI=1S/C15H20O5/c1-15(2,3)20-13(16)9-12(14(17)18)19-10-11-7-5-4-6-8-11/h4-8,12H,9-10H2,1-3H3,(H,17,18)/t12-/m0/s1. The van der Waals surface area contributed by atoms with Gasteiger partial charge in [-0.3, -0.25) is 4.79 Å². The highest BCUT2D eigenvalue weighted by molar-refractivity contribution is 5.80. The minimum atomic E-state index is -1.20. The number of aliphatic carboxylic acids is 1. The van der Waals surface area contributed by atoms with E-state index in [4.69, 9.17) is 14.6 Å². The summed E-state index contributed by atoms with van der Waals surface area (Å²) in [5, 5.41) is 9.07. The molecule has 0 saturated heterocycles. The van der Waals surface area contributed by atoms with Crippen molar-refractivity contribution in [3.63, 3.8) is 0 Å². The zero-order chi connectivity index (χ0) is 15.2. The molecular weight excluding hydrogens is 260 g/mol. The van der Waals surface area contributed by atoms with Crippen LogP contribution in [0.5, 0.6) is 0 Å². The maximum atomic E-state index is 11.6. The lowest BCUT2D eigenvalue weighted by molar-refractivity contribution is -0.166. The lowest BCUT2D eigenvalue weighted by atomic mass is 10.2. The highest BCUT2D eigenvalue weighted by Gasteiger charge is 2.25. The molecule has 0 aliphatic rings. The fourth-order valence-electron chi connectivity index (χ4n) is 1.52. The highest BCUT2D eigenvalue weighted by atomic mass is 16.6. The molecule has 0 aromatic heterocycles. The van der Waals surface area contributed by atoms with Crippen molar-refractivity contribution in [3.05, 3.63) is 35.9 Å². The van der Waals surface area contributed by atoms with Gasteiger partial charge in [0.25, 0.3) is 0 Å². The van der Waals surface area contributed by atoms with E-state index in [-0.39, 0.29) is 13.0 Å². The second-order valence-corrected chi connectivity index (χ2v) is 5.41. The van der Waals surface area contributed by atoms with Crippen LogP contribution < -0.4 is 0 Å². The number of rotatable bonds is 6. The molecule has 20 heavy (non-hydrogen) atoms. The molecule has 1 atom stereocenters. The van der Waals surface area contributed by atoms with Crippen LogP contribution in [-0.4, -0.2) is 28.8 Å². The Bertz CT molecular complexity index is 447. The number of esters is 1. The van der Waals surface area contributed by atoms with Gasteiger partial charge in [-0.05, 0) is 26.3 Å². The molecule has 0 unspecified atom stereocenters. The number of hydrogen-bond acceptors (Lipinski definition) is 4. The summed E-state index contributed by atoms with van der Waals surface area (Å²) in [4.78, 5) is 22.7.